The van der Waals surface area contributed by atoms with Crippen LogP contribution in [0.2, 0.25) is 0 Å². The zero-order chi connectivity index (χ0) is 23.3. The summed E-state index contributed by atoms with van der Waals surface area (Å²) >= 11 is 0. The third-order valence-corrected chi connectivity index (χ3v) is 5.53. The molecule has 0 radical (unpaired) electrons. The average Bonchev–Trinajstić information content (AvgIpc) is 2.76. The summed E-state index contributed by atoms with van der Waals surface area (Å²) in [5, 5.41) is 10.1. The highest BCUT2D eigenvalue weighted by molar-refractivity contribution is 5.70. The van der Waals surface area contributed by atoms with Crippen molar-refractivity contribution in [3.8, 4) is 0 Å². The zero-order valence-electron chi connectivity index (χ0n) is 20.2. The van der Waals surface area contributed by atoms with Gasteiger partial charge >= 0.3 is 5.97 Å². The number of hydrogen-bond donors (Lipinski definition) is 1. The number of aliphatic carboxylic acids is 1. The lowest BCUT2D eigenvalue weighted by molar-refractivity contribution is -0.143. The molecular weight excluding hydrogens is 400 g/mol. The van der Waals surface area contributed by atoms with Crippen LogP contribution in [0.15, 0.2) is 60.7 Å². The molecule has 32 heavy (non-hydrogen) atoms. The van der Waals surface area contributed by atoms with Gasteiger partial charge in [-0.25, -0.2) is 0 Å². The van der Waals surface area contributed by atoms with Crippen LogP contribution in [0.5, 0.6) is 0 Å². The van der Waals surface area contributed by atoms with Gasteiger partial charge in [0.15, 0.2) is 0 Å². The molecule has 2 rings (SSSR count). The predicted molar refractivity (Wildman–Crippen MR) is 132 cm³/mol. The van der Waals surface area contributed by atoms with Crippen molar-refractivity contribution in [2.45, 2.75) is 13.1 Å². The lowest BCUT2D eigenvalue weighted by Crippen LogP contribution is -2.43. The first-order valence-corrected chi connectivity index (χ1v) is 11.4. The quantitative estimate of drug-likeness (QED) is 0.460. The van der Waals surface area contributed by atoms with E-state index < -0.39 is 11.9 Å². The van der Waals surface area contributed by atoms with E-state index in [1.807, 2.05) is 36.4 Å². The van der Waals surface area contributed by atoms with Gasteiger partial charge in [-0.2, -0.15) is 0 Å². The third kappa shape index (κ3) is 10.4. The molecule has 0 amide bonds. The second-order valence-corrected chi connectivity index (χ2v) is 9.08. The summed E-state index contributed by atoms with van der Waals surface area (Å²) in [5.41, 5.74) is 2.42. The molecule has 0 unspecified atom stereocenters. The number of benzene rings is 2. The summed E-state index contributed by atoms with van der Waals surface area (Å²) in [6, 6.07) is 20.6. The maximum Gasteiger partial charge on any atom is 0.309 e. The fourth-order valence-corrected chi connectivity index (χ4v) is 3.67. The molecule has 0 bridgehead atoms. The Balaban J connectivity index is 2.11. The van der Waals surface area contributed by atoms with Crippen molar-refractivity contribution in [1.82, 2.24) is 19.6 Å². The minimum atomic E-state index is -0.726. The molecule has 176 valence electrons. The van der Waals surface area contributed by atoms with Crippen molar-refractivity contribution in [3.63, 3.8) is 0 Å². The monoisotopic (exact) mass is 440 g/mol. The number of nitrogens with zero attached hydrogens (tertiary/aromatic N) is 4. The van der Waals surface area contributed by atoms with Crippen LogP contribution in [0, 0.1) is 5.92 Å². The number of carboxylic acid groups (broad SMARTS) is 1. The predicted octanol–water partition coefficient (Wildman–Crippen LogP) is 2.81. The molecule has 2 aromatic rings. The number of carboxylic acids is 1. The van der Waals surface area contributed by atoms with E-state index in [1.54, 1.807) is 0 Å². The van der Waals surface area contributed by atoms with Crippen LogP contribution in [0.1, 0.15) is 11.1 Å². The van der Waals surface area contributed by atoms with Gasteiger partial charge in [0, 0.05) is 52.4 Å². The fraction of sp³-hybridized carbons (Fsp3) is 0.500. The van der Waals surface area contributed by atoms with E-state index in [0.717, 1.165) is 39.3 Å². The first-order chi connectivity index (χ1) is 15.3. The highest BCUT2D eigenvalue weighted by atomic mass is 16.4. The van der Waals surface area contributed by atoms with E-state index in [-0.39, 0.29) is 0 Å². The molecule has 0 aliphatic heterocycles. The number of rotatable bonds is 15. The van der Waals surface area contributed by atoms with Gasteiger partial charge in [0.25, 0.3) is 0 Å². The highest BCUT2D eigenvalue weighted by Crippen LogP contribution is 2.13. The van der Waals surface area contributed by atoms with Crippen molar-refractivity contribution in [2.75, 3.05) is 67.5 Å². The van der Waals surface area contributed by atoms with E-state index in [1.165, 1.54) is 11.1 Å². The van der Waals surface area contributed by atoms with Crippen LogP contribution in [0.4, 0.5) is 0 Å². The van der Waals surface area contributed by atoms with Gasteiger partial charge < -0.3 is 14.9 Å². The molecule has 2 aromatic carbocycles. The van der Waals surface area contributed by atoms with E-state index in [2.05, 4.69) is 72.1 Å². The smallest absolute Gasteiger partial charge is 0.309 e. The molecule has 0 heterocycles. The summed E-state index contributed by atoms with van der Waals surface area (Å²) in [4.78, 5) is 21.1. The van der Waals surface area contributed by atoms with Crippen LogP contribution < -0.4 is 0 Å². The van der Waals surface area contributed by atoms with Crippen LogP contribution in [0.25, 0.3) is 0 Å². The van der Waals surface area contributed by atoms with Gasteiger partial charge in [0.2, 0.25) is 0 Å². The molecule has 0 aliphatic rings. The molecule has 0 atom stereocenters. The Morgan fingerprint density at radius 2 is 1.06 bits per heavy atom. The molecule has 0 aliphatic carbocycles. The molecule has 1 N–H and O–H groups in total. The Hall–Kier alpha value is -2.25. The minimum absolute atomic E-state index is 0.452. The zero-order valence-corrected chi connectivity index (χ0v) is 20.2. The van der Waals surface area contributed by atoms with E-state index in [9.17, 15) is 9.90 Å². The van der Waals surface area contributed by atoms with Crippen molar-refractivity contribution >= 4 is 5.97 Å². The molecule has 0 saturated carbocycles. The van der Waals surface area contributed by atoms with Gasteiger partial charge in [-0.05, 0) is 39.3 Å². The topological polar surface area (TPSA) is 50.3 Å². The molecule has 0 aromatic heterocycles. The normalized spacial score (nSPS) is 11.9. The Bertz CT molecular complexity index is 708. The van der Waals surface area contributed by atoms with Gasteiger partial charge in [-0.1, -0.05) is 60.7 Å². The van der Waals surface area contributed by atoms with Crippen molar-refractivity contribution in [2.24, 2.45) is 5.92 Å². The van der Waals surface area contributed by atoms with Crippen LogP contribution >= 0.6 is 0 Å². The average molecular weight is 441 g/mol. The SMILES string of the molecule is CN(C)CCN(Cc1ccccc1)CC(CN(CCN(C)C)Cc1ccccc1)C(=O)O. The van der Waals surface area contributed by atoms with E-state index in [4.69, 9.17) is 0 Å². The summed E-state index contributed by atoms with van der Waals surface area (Å²) < 4.78 is 0. The van der Waals surface area contributed by atoms with Crippen molar-refractivity contribution < 1.29 is 9.90 Å². The van der Waals surface area contributed by atoms with Gasteiger partial charge in [-0.3, -0.25) is 14.6 Å². The largest absolute Gasteiger partial charge is 0.481 e. The van der Waals surface area contributed by atoms with Gasteiger partial charge in [-0.15, -0.1) is 0 Å². The maximum absolute atomic E-state index is 12.3. The van der Waals surface area contributed by atoms with Gasteiger partial charge in [0.05, 0.1) is 5.92 Å². The second kappa shape index (κ2) is 14.0. The number of likely N-dealkylation sites (N-methyl/N-ethyl adjacent to an activating group) is 2. The summed E-state index contributed by atoms with van der Waals surface area (Å²) in [6.45, 7) is 6.05. The maximum atomic E-state index is 12.3. The van der Waals surface area contributed by atoms with Crippen LogP contribution in [0.3, 0.4) is 0 Å². The van der Waals surface area contributed by atoms with E-state index in [0.29, 0.717) is 13.1 Å². The Morgan fingerprint density at radius 3 is 1.38 bits per heavy atom. The molecule has 0 spiro atoms. The lowest BCUT2D eigenvalue weighted by atomic mass is 10.1. The Kier molecular flexibility index (Phi) is 11.4. The number of hydrogen-bond acceptors (Lipinski definition) is 5. The standard InChI is InChI=1S/C26H40N4O2/c1-27(2)15-17-29(19-23-11-7-5-8-12-23)21-25(26(31)32)22-30(18-16-28(3)4)20-24-13-9-6-10-14-24/h5-14,25H,15-22H2,1-4H3,(H,31,32). The lowest BCUT2D eigenvalue weighted by Gasteiger charge is -2.31. The molecule has 0 saturated heterocycles. The van der Waals surface area contributed by atoms with Crippen molar-refractivity contribution in [1.29, 1.82) is 0 Å². The highest BCUT2D eigenvalue weighted by Gasteiger charge is 2.24. The fourth-order valence-electron chi connectivity index (χ4n) is 3.67. The second-order valence-electron chi connectivity index (χ2n) is 9.08. The first-order valence-electron chi connectivity index (χ1n) is 11.4. The first kappa shape index (κ1) is 26.0. The molecular formula is C26H40N4O2. The van der Waals surface area contributed by atoms with Crippen molar-refractivity contribution in [3.05, 3.63) is 71.8 Å². The Morgan fingerprint density at radius 1 is 0.688 bits per heavy atom. The van der Waals surface area contributed by atoms with E-state index >= 15 is 0 Å². The third-order valence-electron chi connectivity index (χ3n) is 5.53. The molecule has 0 fully saturated rings. The van der Waals surface area contributed by atoms with Crippen LogP contribution in [-0.4, -0.2) is 98.1 Å². The molecule has 6 nitrogen and oxygen atoms in total. The minimum Gasteiger partial charge on any atom is -0.481 e. The summed E-state index contributed by atoms with van der Waals surface area (Å²) in [6.07, 6.45) is 0. The molecule has 6 heteroatoms. The summed E-state index contributed by atoms with van der Waals surface area (Å²) in [7, 11) is 8.22. The summed E-state index contributed by atoms with van der Waals surface area (Å²) in [5.74, 6) is -1.18. The Labute approximate surface area is 194 Å². The van der Waals surface area contributed by atoms with Crippen LogP contribution in [-0.2, 0) is 17.9 Å². The number of carbonyl (C=O) groups is 1. The van der Waals surface area contributed by atoms with Gasteiger partial charge in [0.1, 0.15) is 0 Å².